The lowest BCUT2D eigenvalue weighted by atomic mass is 10.3. The molecule has 0 aliphatic heterocycles. The smallest absolute Gasteiger partial charge is 0.280 e. The zero-order valence-corrected chi connectivity index (χ0v) is 17.0. The van der Waals surface area contributed by atoms with Crippen LogP contribution < -0.4 is 10.6 Å². The van der Waals surface area contributed by atoms with Gasteiger partial charge in [0.1, 0.15) is 17.9 Å². The van der Waals surface area contributed by atoms with E-state index in [1.807, 2.05) is 0 Å². The maximum absolute atomic E-state index is 13.1. The number of amides is 2. The maximum Gasteiger partial charge on any atom is 0.280 e. The monoisotopic (exact) mass is 420 g/mol. The highest BCUT2D eigenvalue weighted by atomic mass is 19.3. The first kappa shape index (κ1) is 21.1. The predicted octanol–water partition coefficient (Wildman–Crippen LogP) is 2.28. The molecule has 0 aromatic carbocycles. The molecule has 0 spiro atoms. The molecule has 160 valence electrons. The number of nitrogens with zero attached hydrogens (tertiary/aromatic N) is 6. The summed E-state index contributed by atoms with van der Waals surface area (Å²) in [7, 11) is 1.75. The molecule has 0 radical (unpaired) electrons. The third kappa shape index (κ3) is 4.21. The lowest BCUT2D eigenvalue weighted by Gasteiger charge is -2.11. The molecule has 3 rings (SSSR count). The Labute approximate surface area is 170 Å². The number of aromatic nitrogens is 6. The second-order valence-corrected chi connectivity index (χ2v) is 6.66. The van der Waals surface area contributed by atoms with Crippen LogP contribution in [-0.4, -0.2) is 41.2 Å². The fourth-order valence-electron chi connectivity index (χ4n) is 2.95. The third-order valence-corrected chi connectivity index (χ3v) is 4.56. The number of anilines is 2. The average molecular weight is 420 g/mol. The molecule has 0 aliphatic carbocycles. The molecule has 0 saturated heterocycles. The zero-order chi connectivity index (χ0) is 22.0. The summed E-state index contributed by atoms with van der Waals surface area (Å²) >= 11 is 0. The summed E-state index contributed by atoms with van der Waals surface area (Å²) in [5.74, 6) is -1.09. The Balaban J connectivity index is 1.80. The molecule has 0 bridgehead atoms. The van der Waals surface area contributed by atoms with E-state index in [2.05, 4.69) is 25.9 Å². The van der Waals surface area contributed by atoms with Crippen LogP contribution in [-0.2, 0) is 24.9 Å². The second kappa shape index (κ2) is 8.43. The van der Waals surface area contributed by atoms with E-state index in [-0.39, 0.29) is 17.1 Å². The quantitative estimate of drug-likeness (QED) is 0.609. The van der Waals surface area contributed by atoms with Gasteiger partial charge in [0, 0.05) is 13.6 Å². The van der Waals surface area contributed by atoms with Gasteiger partial charge in [0.15, 0.2) is 0 Å². The number of hydrogen-bond acceptors (Lipinski definition) is 5. The van der Waals surface area contributed by atoms with E-state index in [0.717, 1.165) is 10.4 Å². The number of aryl methyl sites for hydroxylation is 3. The largest absolute Gasteiger partial charge is 0.321 e. The molecule has 0 aliphatic rings. The molecule has 0 unspecified atom stereocenters. The highest BCUT2D eigenvalue weighted by Crippen LogP contribution is 2.21. The molecule has 3 aromatic heterocycles. The van der Waals surface area contributed by atoms with Crippen molar-refractivity contribution >= 4 is 23.2 Å². The van der Waals surface area contributed by atoms with Crippen molar-refractivity contribution in [2.45, 2.75) is 40.3 Å². The van der Waals surface area contributed by atoms with Crippen LogP contribution in [0.1, 0.15) is 40.9 Å². The highest BCUT2D eigenvalue weighted by molar-refractivity contribution is 6.09. The van der Waals surface area contributed by atoms with Crippen molar-refractivity contribution < 1.29 is 18.4 Å². The summed E-state index contributed by atoms with van der Waals surface area (Å²) in [6.45, 7) is 5.13. The first-order valence-corrected chi connectivity index (χ1v) is 9.19. The number of hydrogen-bond donors (Lipinski definition) is 2. The Morgan fingerprint density at radius 3 is 2.40 bits per heavy atom. The Bertz CT molecular complexity index is 1080. The molecule has 3 aromatic rings. The van der Waals surface area contributed by atoms with Crippen LogP contribution in [0.5, 0.6) is 0 Å². The van der Waals surface area contributed by atoms with Gasteiger partial charge in [0.05, 0.1) is 35.2 Å². The van der Waals surface area contributed by atoms with E-state index in [0.29, 0.717) is 17.9 Å². The first-order chi connectivity index (χ1) is 14.2. The number of carbonyl (C=O) groups is 2. The van der Waals surface area contributed by atoms with E-state index in [1.54, 1.807) is 32.5 Å². The van der Waals surface area contributed by atoms with Crippen LogP contribution in [0.4, 0.5) is 20.2 Å². The average Bonchev–Trinajstić information content (AvgIpc) is 3.34. The zero-order valence-electron chi connectivity index (χ0n) is 17.0. The van der Waals surface area contributed by atoms with Crippen molar-refractivity contribution in [3.63, 3.8) is 0 Å². The molecular weight excluding hydrogens is 398 g/mol. The molecule has 10 nitrogen and oxygen atoms in total. The van der Waals surface area contributed by atoms with Crippen molar-refractivity contribution in [2.75, 3.05) is 10.6 Å². The minimum Gasteiger partial charge on any atom is -0.321 e. The van der Waals surface area contributed by atoms with E-state index in [4.69, 9.17) is 0 Å². The van der Waals surface area contributed by atoms with Crippen molar-refractivity contribution in [2.24, 2.45) is 7.05 Å². The summed E-state index contributed by atoms with van der Waals surface area (Å²) in [5.41, 5.74) is 1.62. The van der Waals surface area contributed by atoms with Crippen LogP contribution in [0.25, 0.3) is 0 Å². The van der Waals surface area contributed by atoms with E-state index < -0.39 is 24.8 Å². The molecule has 0 atom stereocenters. The molecule has 2 N–H and O–H groups in total. The van der Waals surface area contributed by atoms with Crippen molar-refractivity contribution in [1.82, 2.24) is 29.3 Å². The summed E-state index contributed by atoms with van der Waals surface area (Å²) in [5, 5.41) is 17.4. The fourth-order valence-corrected chi connectivity index (χ4v) is 2.95. The Hall–Kier alpha value is -3.57. The number of halogens is 2. The van der Waals surface area contributed by atoms with Crippen molar-refractivity contribution in [3.8, 4) is 0 Å². The third-order valence-electron chi connectivity index (χ3n) is 4.56. The van der Waals surface area contributed by atoms with Crippen molar-refractivity contribution in [3.05, 3.63) is 41.2 Å². The summed E-state index contributed by atoms with van der Waals surface area (Å²) in [6, 6.07) is 1.22. The maximum atomic E-state index is 13.1. The van der Waals surface area contributed by atoms with E-state index >= 15 is 0 Å². The SMILES string of the molecule is CCn1ncc(NC(=O)Cn2nc(C)cc2C(F)F)c1C(=O)Nc1cnn(C)c1C. The van der Waals surface area contributed by atoms with E-state index in [1.165, 1.54) is 23.1 Å². The number of nitrogens with one attached hydrogen (secondary N) is 2. The fraction of sp³-hybridized carbons (Fsp3) is 0.389. The van der Waals surface area contributed by atoms with Crippen LogP contribution in [0.2, 0.25) is 0 Å². The van der Waals surface area contributed by atoms with Gasteiger partial charge in [0.2, 0.25) is 5.91 Å². The molecule has 2 amide bonds. The second-order valence-electron chi connectivity index (χ2n) is 6.66. The molecular formula is C18H22F2N8O2. The molecule has 12 heteroatoms. The van der Waals surface area contributed by atoms with Crippen molar-refractivity contribution in [1.29, 1.82) is 0 Å². The predicted molar refractivity (Wildman–Crippen MR) is 104 cm³/mol. The van der Waals surface area contributed by atoms with Crippen LogP contribution in [0.15, 0.2) is 18.5 Å². The number of alkyl halides is 2. The Morgan fingerprint density at radius 1 is 1.10 bits per heavy atom. The van der Waals surface area contributed by atoms with Crippen LogP contribution in [0, 0.1) is 13.8 Å². The summed E-state index contributed by atoms with van der Waals surface area (Å²) in [6.07, 6.45) is 0.102. The minimum atomic E-state index is -2.76. The van der Waals surface area contributed by atoms with Crippen LogP contribution in [0.3, 0.4) is 0 Å². The topological polar surface area (TPSA) is 112 Å². The van der Waals surface area contributed by atoms with Gasteiger partial charge in [0.25, 0.3) is 12.3 Å². The number of carbonyl (C=O) groups excluding carboxylic acids is 2. The summed E-state index contributed by atoms with van der Waals surface area (Å²) < 4.78 is 30.2. The minimum absolute atomic E-state index is 0.139. The van der Waals surface area contributed by atoms with Gasteiger partial charge < -0.3 is 10.6 Å². The standard InChI is InChI=1S/C18H22F2N8O2/c1-5-27-16(18(30)24-12-7-21-26(4)11(12)3)13(8-22-27)23-15(29)9-28-14(17(19)20)6-10(2)25-28/h6-8,17H,5,9H2,1-4H3,(H,23,29)(H,24,30). The molecule has 30 heavy (non-hydrogen) atoms. The van der Waals surface area contributed by atoms with E-state index in [9.17, 15) is 18.4 Å². The highest BCUT2D eigenvalue weighted by Gasteiger charge is 2.22. The number of rotatable bonds is 7. The van der Waals surface area contributed by atoms with Gasteiger partial charge >= 0.3 is 0 Å². The normalized spacial score (nSPS) is 11.2. The van der Waals surface area contributed by atoms with Gasteiger partial charge in [-0.05, 0) is 26.8 Å². The Kier molecular flexibility index (Phi) is 5.94. The van der Waals surface area contributed by atoms with Gasteiger partial charge in [-0.25, -0.2) is 8.78 Å². The van der Waals surface area contributed by atoms with Gasteiger partial charge in [-0.3, -0.25) is 23.6 Å². The Morgan fingerprint density at radius 2 is 1.80 bits per heavy atom. The summed E-state index contributed by atoms with van der Waals surface area (Å²) in [4.78, 5) is 25.3. The molecule has 0 fully saturated rings. The lowest BCUT2D eigenvalue weighted by Crippen LogP contribution is -2.24. The molecule has 3 heterocycles. The molecule has 0 saturated carbocycles. The lowest BCUT2D eigenvalue weighted by molar-refractivity contribution is -0.117. The van der Waals surface area contributed by atoms with Gasteiger partial charge in [-0.2, -0.15) is 15.3 Å². The first-order valence-electron chi connectivity index (χ1n) is 9.19. The van der Waals surface area contributed by atoms with Crippen LogP contribution >= 0.6 is 0 Å². The van der Waals surface area contributed by atoms with Gasteiger partial charge in [-0.15, -0.1) is 0 Å². The van der Waals surface area contributed by atoms with Gasteiger partial charge in [-0.1, -0.05) is 0 Å².